The fourth-order valence-corrected chi connectivity index (χ4v) is 37.9. The first kappa shape index (κ1) is 68.3. The van der Waals surface area contributed by atoms with E-state index >= 15 is 0 Å². The fourth-order valence-electron chi connectivity index (χ4n) is 27.5. The molecular formula is C109H77B8N5P-. The van der Waals surface area contributed by atoms with Crippen molar-refractivity contribution in [3.05, 3.63) is 407 Å². The Morgan fingerprint density at radius 2 is 0.634 bits per heavy atom. The Hall–Kier alpha value is -13.3. The fraction of sp³-hybridized carbons (Fsp3) is 0.0642. The number of hydrogen-bond acceptors (Lipinski definition) is 1. The number of anilines is 1. The molecule has 12 aliphatic heterocycles. The summed E-state index contributed by atoms with van der Waals surface area (Å²) in [7, 11) is 0.213. The summed E-state index contributed by atoms with van der Waals surface area (Å²) < 4.78 is 10.2. The standard InChI is InChI=1S/C31H23B5N2P.3C26H18BN/c1-2-10-22(11-3-1)37-39(34-32-35(39)36(34)39)28-16-8-15-27-29(28)23-18-17-21-19-20-9-4-5-12-24(20)33-25-13-6-7-14-26(25)38(27)31(23)30(21)33;1-16-7-6-9-19-20-14-13-18-15-17-8-2-3-10-21(17)27-22-11-4-5-12-23(22)28(25(16)19)26(20)24(18)27;1-16-10-13-23-20(14-16)19-12-11-18-15-17-6-2-3-7-21(17)27-22-8-4-5-9-24(22)28(23)26(19)25(18)27;1-16-10-12-19-20-13-11-18-15-17-6-2-3-7-21(17)27-22-8-4-5-9-23(22)28(24(19)14-16)26(20)25(18)27/h1-18,37H,19,32H2;3*2-14H,15H2,1H3/q-1;;;. The topological polar surface area (TPSA) is 31.8 Å². The molecule has 4 aromatic heterocycles. The molecule has 0 aliphatic carbocycles. The molecule has 14 heteroatoms. The first-order valence-corrected chi connectivity index (χ1v) is 47.3. The molecule has 123 heavy (non-hydrogen) atoms. The van der Waals surface area contributed by atoms with Crippen LogP contribution in [0.2, 0.25) is 0 Å². The molecule has 0 radical (unpaired) electrons. The number of aryl methyl sites for hydroxylation is 3. The molecule has 4 fully saturated rings. The normalized spacial score (nSPS) is 15.7. The predicted octanol–water partition coefficient (Wildman–Crippen LogP) is 14.5. The summed E-state index contributed by atoms with van der Waals surface area (Å²) in [6.45, 7) is 7.92. The second-order valence-corrected chi connectivity index (χ2v) is 43.3. The summed E-state index contributed by atoms with van der Waals surface area (Å²) in [5.41, 5.74) is 51.4. The van der Waals surface area contributed by atoms with E-state index in [4.69, 9.17) is 0 Å². The van der Waals surface area contributed by atoms with Crippen LogP contribution in [0.25, 0.3) is 110 Å². The van der Waals surface area contributed by atoms with Gasteiger partial charge in [-0.15, -0.1) is 0 Å². The van der Waals surface area contributed by atoms with Crippen molar-refractivity contribution in [1.82, 2.24) is 18.3 Å². The van der Waals surface area contributed by atoms with E-state index in [2.05, 4.69) is 390 Å². The maximum atomic E-state index is 4.34. The predicted molar refractivity (Wildman–Crippen MR) is 535 cm³/mol. The van der Waals surface area contributed by atoms with E-state index in [9.17, 15) is 0 Å². The molecule has 0 spiro atoms. The van der Waals surface area contributed by atoms with Gasteiger partial charge in [-0.05, 0) is 154 Å². The Balaban J connectivity index is 0.0000000834. The number of para-hydroxylation sites is 6. The monoisotopic (exact) mass is 1570 g/mol. The van der Waals surface area contributed by atoms with Gasteiger partial charge in [0.15, 0.2) is 0 Å². The molecular weight excluding hydrogens is 1500 g/mol. The number of aromatic nitrogens is 4. The molecule has 0 amide bonds. The Labute approximate surface area is 717 Å². The molecule has 4 saturated heterocycles. The van der Waals surface area contributed by atoms with E-state index in [0.717, 1.165) is 44.3 Å². The number of nitrogens with zero attached hydrogens (tertiary/aromatic N) is 4. The van der Waals surface area contributed by atoms with Crippen LogP contribution in [0.15, 0.2) is 346 Å². The first-order chi connectivity index (χ1) is 60.8. The Morgan fingerprint density at radius 3 is 1.12 bits per heavy atom. The second-order valence-electron chi connectivity index (χ2n) is 37.7. The van der Waals surface area contributed by atoms with Crippen molar-refractivity contribution >= 4 is 223 Å². The van der Waals surface area contributed by atoms with Gasteiger partial charge in [0.2, 0.25) is 20.1 Å². The summed E-state index contributed by atoms with van der Waals surface area (Å²) in [5, 5.41) is 17.3. The third-order valence-corrected chi connectivity index (χ3v) is 40.9. The van der Waals surface area contributed by atoms with E-state index in [1.165, 1.54) is 232 Å². The number of rotatable bonds is 3. The number of hydrogen-bond donors (Lipinski definition) is 1. The zero-order valence-electron chi connectivity index (χ0n) is 69.0. The van der Waals surface area contributed by atoms with Crippen molar-refractivity contribution in [2.45, 2.75) is 46.5 Å². The summed E-state index contributed by atoms with van der Waals surface area (Å²) >= 11 is 0. The molecule has 12 aliphatic rings. The molecule has 16 heterocycles. The van der Waals surface area contributed by atoms with Crippen molar-refractivity contribution < 1.29 is 0 Å². The zero-order valence-corrected chi connectivity index (χ0v) is 69.9. The van der Waals surface area contributed by atoms with Gasteiger partial charge in [0.05, 0.1) is 16.6 Å². The van der Waals surface area contributed by atoms with Crippen molar-refractivity contribution in [3.63, 3.8) is 0 Å². The van der Waals surface area contributed by atoms with Crippen molar-refractivity contribution in [2.24, 2.45) is 0 Å². The van der Waals surface area contributed by atoms with Gasteiger partial charge >= 0.3 is 230 Å². The molecule has 0 unspecified atom stereocenters. The van der Waals surface area contributed by atoms with Gasteiger partial charge in [0.25, 0.3) is 0 Å². The SMILES string of the molecule is Cc1ccc2c(c1)c1ccc3c4c1n2-c1ccccc1B4c1ccccc1C3.Cc1ccc2c3ccc4c5c3n(c2c1)-c1ccccc1B5c1ccccc1C4.Cc1cccc2c3ccc4c5c3n(c12)-c1ccccc1B5c1ccccc1C4.[BH2-]1B2B3B1P23(Nc1ccccc1)c1cccc2c1c1ccc3c4c1n2-c1ccccc1B4c1ccccc1C3. The molecule has 0 atom stereocenters. The van der Waals surface area contributed by atoms with Gasteiger partial charge in [-0.2, -0.15) is 0 Å². The van der Waals surface area contributed by atoms with E-state index in [-0.39, 0.29) is 7.06 Å². The average Bonchev–Trinajstić information content (AvgIpc) is 1.35. The molecule has 17 aromatic carbocycles. The van der Waals surface area contributed by atoms with Crippen LogP contribution < -0.4 is 75.9 Å². The Morgan fingerprint density at radius 1 is 0.268 bits per heavy atom. The molecule has 21 aromatic rings. The van der Waals surface area contributed by atoms with Crippen LogP contribution in [0, 0.1) is 20.8 Å². The third-order valence-electron chi connectivity index (χ3n) is 32.5. The van der Waals surface area contributed by atoms with Crippen LogP contribution in [0.4, 0.5) is 5.69 Å². The van der Waals surface area contributed by atoms with Crippen molar-refractivity contribution in [3.8, 4) is 22.7 Å². The minimum absolute atomic E-state index is 0.213. The molecule has 568 valence electrons. The van der Waals surface area contributed by atoms with E-state index in [1.54, 1.807) is 16.2 Å². The molecule has 33 rings (SSSR count). The Bertz CT molecular complexity index is 8350. The van der Waals surface area contributed by atoms with Gasteiger partial charge in [-0.3, -0.25) is 0 Å². The van der Waals surface area contributed by atoms with Gasteiger partial charge in [0.1, 0.15) is 0 Å². The van der Waals surface area contributed by atoms with E-state index < -0.39 is 6.39 Å². The first-order valence-electron chi connectivity index (χ1n) is 44.9. The van der Waals surface area contributed by atoms with Gasteiger partial charge in [0, 0.05) is 65.9 Å². The van der Waals surface area contributed by atoms with Crippen molar-refractivity contribution in [1.29, 1.82) is 0 Å². The second kappa shape index (κ2) is 24.3. The number of fused-ring (bicyclic) bond motifs is 32. The van der Waals surface area contributed by atoms with Crippen LogP contribution in [0.1, 0.15) is 61.2 Å². The van der Waals surface area contributed by atoms with Crippen LogP contribution in [-0.2, 0) is 25.7 Å². The van der Waals surface area contributed by atoms with Crippen LogP contribution in [-0.4, -0.2) is 70.8 Å². The zero-order chi connectivity index (χ0) is 80.3. The van der Waals surface area contributed by atoms with E-state index in [0.29, 0.717) is 26.9 Å². The maximum absolute atomic E-state index is 4.34. The quantitative estimate of drug-likeness (QED) is 0.139. The van der Waals surface area contributed by atoms with E-state index in [1.807, 2.05) is 0 Å². The van der Waals surface area contributed by atoms with Gasteiger partial charge in [-0.25, -0.2) is 0 Å². The summed E-state index contributed by atoms with van der Waals surface area (Å²) in [6.07, 6.45) is 5.03. The molecule has 1 N–H and O–H groups in total. The van der Waals surface area contributed by atoms with Crippen LogP contribution in [0.3, 0.4) is 0 Å². The minimum atomic E-state index is -2.07. The number of nitrogens with one attached hydrogen (secondary N) is 1. The van der Waals surface area contributed by atoms with Crippen LogP contribution >= 0.6 is 6.39 Å². The average molecular weight is 1570 g/mol. The van der Waals surface area contributed by atoms with Gasteiger partial charge in [-0.1, -0.05) is 222 Å². The summed E-state index contributed by atoms with van der Waals surface area (Å²) in [6, 6.07) is 130. The molecule has 0 saturated carbocycles. The molecule has 5 nitrogen and oxygen atoms in total. The summed E-state index contributed by atoms with van der Waals surface area (Å²) in [5.74, 6) is 0. The van der Waals surface area contributed by atoms with Crippen LogP contribution in [0.5, 0.6) is 0 Å². The van der Waals surface area contributed by atoms with Gasteiger partial charge < -0.3 is 13.7 Å². The molecule has 2 bridgehead atoms. The van der Waals surface area contributed by atoms with Crippen molar-refractivity contribution in [2.75, 3.05) is 5.09 Å². The summed E-state index contributed by atoms with van der Waals surface area (Å²) in [4.78, 5) is 0. The number of benzene rings is 17. The third kappa shape index (κ3) is 8.63. The Kier molecular flexibility index (Phi) is 13.5.